The van der Waals surface area contributed by atoms with Crippen molar-refractivity contribution in [2.45, 2.75) is 30.6 Å². The first-order chi connectivity index (χ1) is 11.2. The zero-order valence-electron chi connectivity index (χ0n) is 13.1. The molecule has 2 saturated heterocycles. The van der Waals surface area contributed by atoms with Gasteiger partial charge in [-0.3, -0.25) is 0 Å². The first-order valence-electron chi connectivity index (χ1n) is 8.13. The molecule has 6 heteroatoms. The van der Waals surface area contributed by atoms with Crippen LogP contribution in [0.1, 0.15) is 30.1 Å². The Kier molecular flexibility index (Phi) is 6.08. The fourth-order valence-electron chi connectivity index (χ4n) is 2.95. The van der Waals surface area contributed by atoms with Gasteiger partial charge in [0.2, 0.25) is 0 Å². The number of hydrogen-bond acceptors (Lipinski definition) is 4. The Labute approximate surface area is 146 Å². The molecular formula is C17H22ClNO3S. The molecule has 2 fully saturated rings. The number of amides is 1. The quantitative estimate of drug-likeness (QED) is 0.799. The summed E-state index contributed by atoms with van der Waals surface area (Å²) in [6.07, 6.45) is 2.33. The number of carbonyl (C=O) groups is 1. The Hall–Kier alpha value is -0.910. The molecule has 126 valence electrons. The Morgan fingerprint density at radius 3 is 2.78 bits per heavy atom. The minimum atomic E-state index is -0.183. The van der Waals surface area contributed by atoms with Crippen LogP contribution >= 0.6 is 23.4 Å². The number of ether oxygens (including phenoxy) is 2. The topological polar surface area (TPSA) is 38.8 Å². The second-order valence-corrected chi connectivity index (χ2v) is 7.57. The number of carbonyl (C=O) groups excluding carboxylic acids is 1. The van der Waals surface area contributed by atoms with Crippen LogP contribution in [0.25, 0.3) is 0 Å². The molecule has 0 radical (unpaired) electrons. The van der Waals surface area contributed by atoms with Crippen LogP contribution in [0.3, 0.4) is 0 Å². The number of hydrogen-bond donors (Lipinski definition) is 0. The van der Waals surface area contributed by atoms with Crippen LogP contribution in [0, 0.1) is 0 Å². The van der Waals surface area contributed by atoms with Gasteiger partial charge in [0, 0.05) is 42.0 Å². The Morgan fingerprint density at radius 1 is 1.22 bits per heavy atom. The normalized spacial score (nSPS) is 23.3. The highest BCUT2D eigenvalue weighted by Gasteiger charge is 2.26. The van der Waals surface area contributed by atoms with E-state index in [1.165, 1.54) is 5.56 Å². The molecule has 3 rings (SSSR count). The van der Waals surface area contributed by atoms with E-state index in [1.54, 1.807) is 0 Å². The molecule has 2 aliphatic heterocycles. The average Bonchev–Trinajstić information content (AvgIpc) is 2.82. The molecule has 1 aromatic rings. The summed E-state index contributed by atoms with van der Waals surface area (Å²) < 4.78 is 10.9. The van der Waals surface area contributed by atoms with Gasteiger partial charge < -0.3 is 14.4 Å². The largest absolute Gasteiger partial charge is 0.446 e. The SMILES string of the molecule is O=C(OC1CCOCC1)N1CCS[C@@H](c2ccccc2Cl)CC1. The van der Waals surface area contributed by atoms with Gasteiger partial charge in [0.25, 0.3) is 0 Å². The second-order valence-electron chi connectivity index (χ2n) is 5.85. The number of halogens is 1. The summed E-state index contributed by atoms with van der Waals surface area (Å²) in [4.78, 5) is 14.2. The predicted molar refractivity (Wildman–Crippen MR) is 93.2 cm³/mol. The standard InChI is InChI=1S/C17H22ClNO3S/c18-15-4-2-1-3-14(15)16-5-8-19(9-12-23-16)17(20)22-13-6-10-21-11-7-13/h1-4,13,16H,5-12H2/t16-/m1/s1. The lowest BCUT2D eigenvalue weighted by molar-refractivity contribution is -0.00961. The van der Waals surface area contributed by atoms with E-state index in [2.05, 4.69) is 6.07 Å². The van der Waals surface area contributed by atoms with Gasteiger partial charge in [-0.25, -0.2) is 4.79 Å². The van der Waals surface area contributed by atoms with Crippen molar-refractivity contribution in [3.05, 3.63) is 34.9 Å². The van der Waals surface area contributed by atoms with Crippen molar-refractivity contribution in [1.82, 2.24) is 4.90 Å². The minimum absolute atomic E-state index is 0.00604. The smallest absolute Gasteiger partial charge is 0.410 e. The van der Waals surface area contributed by atoms with E-state index >= 15 is 0 Å². The fourth-order valence-corrected chi connectivity index (χ4v) is 4.55. The Balaban J connectivity index is 1.55. The summed E-state index contributed by atoms with van der Waals surface area (Å²) in [5, 5.41) is 1.15. The van der Waals surface area contributed by atoms with Crippen LogP contribution in [0.5, 0.6) is 0 Å². The number of rotatable bonds is 2. The third-order valence-corrected chi connectivity index (χ3v) is 5.94. The highest BCUT2D eigenvalue weighted by Crippen LogP contribution is 2.37. The maximum atomic E-state index is 12.4. The first-order valence-corrected chi connectivity index (χ1v) is 9.56. The third kappa shape index (κ3) is 4.55. The Bertz CT molecular complexity index is 536. The van der Waals surface area contributed by atoms with Crippen LogP contribution in [0.15, 0.2) is 24.3 Å². The lowest BCUT2D eigenvalue weighted by Crippen LogP contribution is -2.37. The molecular weight excluding hydrogens is 334 g/mol. The van der Waals surface area contributed by atoms with E-state index in [-0.39, 0.29) is 12.2 Å². The van der Waals surface area contributed by atoms with Gasteiger partial charge in [-0.05, 0) is 18.1 Å². The summed E-state index contributed by atoms with van der Waals surface area (Å²) in [5.74, 6) is 0.902. The molecule has 0 bridgehead atoms. The van der Waals surface area contributed by atoms with Crippen molar-refractivity contribution in [2.24, 2.45) is 0 Å². The molecule has 2 heterocycles. The summed E-state index contributed by atoms with van der Waals surface area (Å²) in [7, 11) is 0. The molecule has 1 amide bonds. The molecule has 4 nitrogen and oxygen atoms in total. The molecule has 0 N–H and O–H groups in total. The van der Waals surface area contributed by atoms with Gasteiger partial charge >= 0.3 is 6.09 Å². The van der Waals surface area contributed by atoms with Gasteiger partial charge in [-0.2, -0.15) is 11.8 Å². The van der Waals surface area contributed by atoms with Crippen molar-refractivity contribution in [2.75, 3.05) is 32.1 Å². The lowest BCUT2D eigenvalue weighted by atomic mass is 10.1. The average molecular weight is 356 g/mol. The highest BCUT2D eigenvalue weighted by molar-refractivity contribution is 7.99. The van der Waals surface area contributed by atoms with E-state index in [0.717, 1.165) is 36.6 Å². The molecule has 1 atom stereocenters. The maximum Gasteiger partial charge on any atom is 0.410 e. The minimum Gasteiger partial charge on any atom is -0.446 e. The highest BCUT2D eigenvalue weighted by atomic mass is 35.5. The van der Waals surface area contributed by atoms with Gasteiger partial charge in [0.1, 0.15) is 6.10 Å². The van der Waals surface area contributed by atoms with E-state index in [1.807, 2.05) is 34.9 Å². The summed E-state index contributed by atoms with van der Waals surface area (Å²) in [6, 6.07) is 7.98. The number of thioether (sulfide) groups is 1. The van der Waals surface area contributed by atoms with Crippen molar-refractivity contribution in [1.29, 1.82) is 0 Å². The molecule has 0 spiro atoms. The van der Waals surface area contributed by atoms with Crippen LogP contribution in [-0.2, 0) is 9.47 Å². The molecule has 1 aromatic carbocycles. The molecule has 0 saturated carbocycles. The summed E-state index contributed by atoms with van der Waals surface area (Å²) in [5.41, 5.74) is 1.17. The van der Waals surface area contributed by atoms with Gasteiger partial charge in [-0.1, -0.05) is 29.8 Å². The van der Waals surface area contributed by atoms with Gasteiger partial charge in [0.05, 0.1) is 13.2 Å². The monoisotopic (exact) mass is 355 g/mol. The maximum absolute atomic E-state index is 12.4. The van der Waals surface area contributed by atoms with Crippen molar-refractivity contribution >= 4 is 29.5 Å². The van der Waals surface area contributed by atoms with E-state index in [0.29, 0.717) is 25.0 Å². The lowest BCUT2D eigenvalue weighted by Gasteiger charge is -2.26. The zero-order chi connectivity index (χ0) is 16.1. The van der Waals surface area contributed by atoms with Gasteiger partial charge in [-0.15, -0.1) is 0 Å². The molecule has 0 unspecified atom stereocenters. The predicted octanol–water partition coefficient (Wildman–Crippen LogP) is 4.14. The summed E-state index contributed by atoms with van der Waals surface area (Å²) in [6.45, 7) is 2.81. The molecule has 23 heavy (non-hydrogen) atoms. The molecule has 0 aromatic heterocycles. The second kappa shape index (κ2) is 8.27. The molecule has 2 aliphatic rings. The first kappa shape index (κ1) is 16.9. The zero-order valence-corrected chi connectivity index (χ0v) is 14.7. The third-order valence-electron chi connectivity index (χ3n) is 4.29. The van der Waals surface area contributed by atoms with Crippen molar-refractivity contribution in [3.63, 3.8) is 0 Å². The Morgan fingerprint density at radius 2 is 2.00 bits per heavy atom. The van der Waals surface area contributed by atoms with Crippen LogP contribution in [-0.4, -0.2) is 49.2 Å². The van der Waals surface area contributed by atoms with E-state index < -0.39 is 0 Å². The van der Waals surface area contributed by atoms with Crippen LogP contribution < -0.4 is 0 Å². The van der Waals surface area contributed by atoms with E-state index in [4.69, 9.17) is 21.1 Å². The van der Waals surface area contributed by atoms with Crippen LogP contribution in [0.2, 0.25) is 5.02 Å². The van der Waals surface area contributed by atoms with Gasteiger partial charge in [0.15, 0.2) is 0 Å². The number of benzene rings is 1. The fraction of sp³-hybridized carbons (Fsp3) is 0.588. The summed E-state index contributed by atoms with van der Waals surface area (Å²) >= 11 is 8.17. The van der Waals surface area contributed by atoms with Crippen LogP contribution in [0.4, 0.5) is 4.79 Å². The number of nitrogens with zero attached hydrogens (tertiary/aromatic N) is 1. The van der Waals surface area contributed by atoms with Crippen molar-refractivity contribution in [3.8, 4) is 0 Å². The van der Waals surface area contributed by atoms with E-state index in [9.17, 15) is 4.79 Å². The molecule has 0 aliphatic carbocycles. The van der Waals surface area contributed by atoms with Crippen molar-refractivity contribution < 1.29 is 14.3 Å².